The number of hydrogen-bond donors (Lipinski definition) is 3. The summed E-state index contributed by atoms with van der Waals surface area (Å²) in [7, 11) is -3.68. The molecule has 23 heavy (non-hydrogen) atoms. The monoisotopic (exact) mass is 329 g/mol. The lowest BCUT2D eigenvalue weighted by molar-refractivity contribution is -0.114. The molecule has 3 N–H and O–H groups in total. The van der Waals surface area contributed by atoms with Gasteiger partial charge in [0.15, 0.2) is 0 Å². The maximum absolute atomic E-state index is 12.4. The molecule has 118 valence electrons. The molecule has 1 heterocycles. The van der Waals surface area contributed by atoms with E-state index in [2.05, 4.69) is 15.0 Å². The molecule has 0 aliphatic rings. The van der Waals surface area contributed by atoms with Crippen molar-refractivity contribution in [3.8, 4) is 0 Å². The zero-order valence-corrected chi connectivity index (χ0v) is 13.1. The third kappa shape index (κ3) is 3.35. The Hall–Kier alpha value is -2.80. The highest BCUT2D eigenvalue weighted by Crippen LogP contribution is 2.22. The fraction of sp³-hybridized carbons (Fsp3) is 0.0625. The molecule has 2 aromatic carbocycles. The van der Waals surface area contributed by atoms with Crippen LogP contribution in [0.5, 0.6) is 0 Å². The van der Waals surface area contributed by atoms with E-state index in [1.165, 1.54) is 19.1 Å². The SMILES string of the molecule is CC(=O)Nc1ccc(S(=O)(=O)Nc2ccc3[nH]ccc3c2)cc1. The third-order valence-electron chi connectivity index (χ3n) is 3.29. The maximum atomic E-state index is 12.4. The molecule has 0 spiro atoms. The standard InChI is InChI=1S/C16H15N3O3S/c1-11(20)18-13-2-5-15(6-3-13)23(21,22)19-14-4-7-16-12(10-14)8-9-17-16/h2-10,17,19H,1H3,(H,18,20). The van der Waals surface area contributed by atoms with Crippen molar-refractivity contribution in [2.45, 2.75) is 11.8 Å². The van der Waals surface area contributed by atoms with Crippen LogP contribution >= 0.6 is 0 Å². The Morgan fingerprint density at radius 2 is 1.70 bits per heavy atom. The predicted molar refractivity (Wildman–Crippen MR) is 89.9 cm³/mol. The number of carbonyl (C=O) groups excluding carboxylic acids is 1. The predicted octanol–water partition coefficient (Wildman–Crippen LogP) is 2.93. The van der Waals surface area contributed by atoms with Crippen LogP contribution in [0.3, 0.4) is 0 Å². The Labute approximate surface area is 133 Å². The van der Waals surface area contributed by atoms with Crippen molar-refractivity contribution < 1.29 is 13.2 Å². The second kappa shape index (κ2) is 5.77. The molecule has 7 heteroatoms. The molecule has 0 fully saturated rings. The van der Waals surface area contributed by atoms with Gasteiger partial charge in [-0.1, -0.05) is 0 Å². The molecular weight excluding hydrogens is 314 g/mol. The second-order valence-electron chi connectivity index (χ2n) is 5.09. The highest BCUT2D eigenvalue weighted by atomic mass is 32.2. The fourth-order valence-corrected chi connectivity index (χ4v) is 3.30. The van der Waals surface area contributed by atoms with Crippen molar-refractivity contribution in [2.24, 2.45) is 0 Å². The minimum Gasteiger partial charge on any atom is -0.361 e. The van der Waals surface area contributed by atoms with Crippen molar-refractivity contribution >= 4 is 38.2 Å². The Morgan fingerprint density at radius 3 is 2.39 bits per heavy atom. The highest BCUT2D eigenvalue weighted by molar-refractivity contribution is 7.92. The molecule has 0 unspecified atom stereocenters. The summed E-state index contributed by atoms with van der Waals surface area (Å²) >= 11 is 0. The number of benzene rings is 2. The van der Waals surface area contributed by atoms with Crippen LogP contribution in [0.1, 0.15) is 6.92 Å². The van der Waals surface area contributed by atoms with Gasteiger partial charge in [0.05, 0.1) is 4.90 Å². The van der Waals surface area contributed by atoms with Crippen LogP contribution in [-0.2, 0) is 14.8 Å². The minimum atomic E-state index is -3.68. The van der Waals surface area contributed by atoms with E-state index in [4.69, 9.17) is 0 Å². The smallest absolute Gasteiger partial charge is 0.261 e. The lowest BCUT2D eigenvalue weighted by atomic mass is 10.2. The van der Waals surface area contributed by atoms with Crippen LogP contribution in [0.15, 0.2) is 59.6 Å². The summed E-state index contributed by atoms with van der Waals surface area (Å²) in [5.74, 6) is -0.210. The molecule has 0 saturated carbocycles. The molecular formula is C16H15N3O3S. The van der Waals surface area contributed by atoms with E-state index >= 15 is 0 Å². The lowest BCUT2D eigenvalue weighted by Gasteiger charge is -2.09. The van der Waals surface area contributed by atoms with Crippen LogP contribution in [0, 0.1) is 0 Å². The molecule has 3 aromatic rings. The number of aromatic amines is 1. The van der Waals surface area contributed by atoms with Crippen LogP contribution < -0.4 is 10.0 Å². The lowest BCUT2D eigenvalue weighted by Crippen LogP contribution is -2.13. The second-order valence-corrected chi connectivity index (χ2v) is 6.77. The van der Waals surface area contributed by atoms with E-state index in [0.29, 0.717) is 11.4 Å². The van der Waals surface area contributed by atoms with Gasteiger partial charge in [0.25, 0.3) is 10.0 Å². The Balaban J connectivity index is 1.84. The highest BCUT2D eigenvalue weighted by Gasteiger charge is 2.14. The van der Waals surface area contributed by atoms with Gasteiger partial charge < -0.3 is 10.3 Å². The average Bonchev–Trinajstić information content (AvgIpc) is 2.94. The number of H-pyrrole nitrogens is 1. The van der Waals surface area contributed by atoms with Crippen molar-refractivity contribution in [1.29, 1.82) is 0 Å². The van der Waals surface area contributed by atoms with E-state index < -0.39 is 10.0 Å². The summed E-state index contributed by atoms with van der Waals surface area (Å²) in [5.41, 5.74) is 1.97. The van der Waals surface area contributed by atoms with Crippen molar-refractivity contribution in [3.63, 3.8) is 0 Å². The Bertz CT molecular complexity index is 960. The molecule has 0 bridgehead atoms. The van der Waals surface area contributed by atoms with Gasteiger partial charge in [-0.3, -0.25) is 9.52 Å². The number of amides is 1. The van der Waals surface area contributed by atoms with E-state index in [9.17, 15) is 13.2 Å². The number of carbonyl (C=O) groups is 1. The van der Waals surface area contributed by atoms with Gasteiger partial charge in [0, 0.05) is 35.4 Å². The molecule has 1 amide bonds. The summed E-state index contributed by atoms with van der Waals surface area (Å²) in [5, 5.41) is 3.52. The van der Waals surface area contributed by atoms with Gasteiger partial charge in [0.1, 0.15) is 0 Å². The molecule has 3 rings (SSSR count). The molecule has 1 aromatic heterocycles. The van der Waals surface area contributed by atoms with Crippen molar-refractivity contribution in [3.05, 3.63) is 54.7 Å². The number of fused-ring (bicyclic) bond motifs is 1. The van der Waals surface area contributed by atoms with Crippen LogP contribution in [0.2, 0.25) is 0 Å². The first-order chi connectivity index (χ1) is 10.9. The topological polar surface area (TPSA) is 91.1 Å². The van der Waals surface area contributed by atoms with Gasteiger partial charge in [0.2, 0.25) is 5.91 Å². The van der Waals surface area contributed by atoms with Crippen LogP contribution in [0.25, 0.3) is 10.9 Å². The van der Waals surface area contributed by atoms with Gasteiger partial charge in [-0.05, 0) is 48.5 Å². The molecule has 6 nitrogen and oxygen atoms in total. The van der Waals surface area contributed by atoms with E-state index in [0.717, 1.165) is 10.9 Å². The largest absolute Gasteiger partial charge is 0.361 e. The average molecular weight is 329 g/mol. The summed E-state index contributed by atoms with van der Waals surface area (Å²) < 4.78 is 27.4. The Morgan fingerprint density at radius 1 is 1.00 bits per heavy atom. The van der Waals surface area contributed by atoms with Crippen molar-refractivity contribution in [1.82, 2.24) is 4.98 Å². The van der Waals surface area contributed by atoms with Gasteiger partial charge >= 0.3 is 0 Å². The van der Waals surface area contributed by atoms with Crippen LogP contribution in [0.4, 0.5) is 11.4 Å². The summed E-state index contributed by atoms with van der Waals surface area (Å²) in [6.07, 6.45) is 1.80. The van der Waals surface area contributed by atoms with Crippen molar-refractivity contribution in [2.75, 3.05) is 10.0 Å². The van der Waals surface area contributed by atoms with E-state index in [1.807, 2.05) is 12.1 Å². The number of aromatic nitrogens is 1. The summed E-state index contributed by atoms with van der Waals surface area (Å²) in [6.45, 7) is 1.39. The summed E-state index contributed by atoms with van der Waals surface area (Å²) in [6, 6.07) is 13.1. The normalized spacial score (nSPS) is 11.3. The number of nitrogens with one attached hydrogen (secondary N) is 3. The number of sulfonamides is 1. The molecule has 0 aliphatic heterocycles. The maximum Gasteiger partial charge on any atom is 0.261 e. The van der Waals surface area contributed by atoms with E-state index in [-0.39, 0.29) is 10.8 Å². The zero-order valence-electron chi connectivity index (χ0n) is 12.3. The number of anilines is 2. The fourth-order valence-electron chi connectivity index (χ4n) is 2.25. The zero-order chi connectivity index (χ0) is 16.4. The number of hydrogen-bond acceptors (Lipinski definition) is 3. The first kappa shape index (κ1) is 15.1. The molecule has 0 radical (unpaired) electrons. The number of rotatable bonds is 4. The third-order valence-corrected chi connectivity index (χ3v) is 4.69. The Kier molecular flexibility index (Phi) is 3.79. The van der Waals surface area contributed by atoms with Gasteiger partial charge in [-0.15, -0.1) is 0 Å². The molecule has 0 saturated heterocycles. The first-order valence-electron chi connectivity index (χ1n) is 6.92. The summed E-state index contributed by atoms with van der Waals surface area (Å²) in [4.78, 5) is 14.2. The molecule has 0 atom stereocenters. The quantitative estimate of drug-likeness (QED) is 0.687. The molecule has 0 aliphatic carbocycles. The van der Waals surface area contributed by atoms with Crippen LogP contribution in [-0.4, -0.2) is 19.3 Å². The van der Waals surface area contributed by atoms with E-state index in [1.54, 1.807) is 30.5 Å². The van der Waals surface area contributed by atoms with Gasteiger partial charge in [-0.25, -0.2) is 8.42 Å². The first-order valence-corrected chi connectivity index (χ1v) is 8.40. The minimum absolute atomic E-state index is 0.126. The van der Waals surface area contributed by atoms with Gasteiger partial charge in [-0.2, -0.15) is 0 Å².